The van der Waals surface area contributed by atoms with Gasteiger partial charge in [-0.1, -0.05) is 127 Å². The van der Waals surface area contributed by atoms with Crippen LogP contribution in [-0.2, 0) is 0 Å². The van der Waals surface area contributed by atoms with Crippen LogP contribution in [0.3, 0.4) is 0 Å². The summed E-state index contributed by atoms with van der Waals surface area (Å²) in [5, 5.41) is 6.76. The van der Waals surface area contributed by atoms with E-state index in [0.29, 0.717) is 17.5 Å². The predicted octanol–water partition coefficient (Wildman–Crippen LogP) is 12.5. The Hall–Kier alpha value is -7.11. The van der Waals surface area contributed by atoms with E-state index in [1.165, 1.54) is 27.6 Å². The molecule has 0 N–H and O–H groups in total. The largest absolute Gasteiger partial charge is 0.456 e. The van der Waals surface area contributed by atoms with Crippen LogP contribution in [0.4, 0.5) is 17.1 Å². The molecule has 0 atom stereocenters. The molecule has 1 aliphatic heterocycles. The minimum atomic E-state index is 0.609. The Labute approximate surface area is 299 Å². The zero-order valence-corrected chi connectivity index (χ0v) is 27.9. The zero-order valence-electron chi connectivity index (χ0n) is 27.9. The highest BCUT2D eigenvalue weighted by molar-refractivity contribution is 6.16. The molecular weight excluding hydrogens is 637 g/mol. The quantitative estimate of drug-likeness (QED) is 0.187. The molecule has 11 rings (SSSR count). The molecule has 242 valence electrons. The van der Waals surface area contributed by atoms with E-state index < -0.39 is 0 Å². The Kier molecular flexibility index (Phi) is 6.18. The van der Waals surface area contributed by atoms with E-state index in [4.69, 9.17) is 19.4 Å². The molecule has 0 fully saturated rings. The maximum atomic E-state index is 6.14. The maximum Gasteiger partial charge on any atom is 0.164 e. The van der Waals surface area contributed by atoms with Gasteiger partial charge in [0.1, 0.15) is 11.2 Å². The number of rotatable bonds is 4. The van der Waals surface area contributed by atoms with E-state index in [-0.39, 0.29) is 0 Å². The van der Waals surface area contributed by atoms with Crippen molar-refractivity contribution >= 4 is 60.5 Å². The smallest absolute Gasteiger partial charge is 0.164 e. The number of aromatic nitrogens is 3. The summed E-state index contributed by atoms with van der Waals surface area (Å²) in [5.74, 6) is 1.85. The van der Waals surface area contributed by atoms with Gasteiger partial charge in [0.2, 0.25) is 0 Å². The molecule has 8 aromatic carbocycles. The van der Waals surface area contributed by atoms with Crippen molar-refractivity contribution in [3.63, 3.8) is 0 Å². The Balaban J connectivity index is 1.13. The molecule has 3 heterocycles. The number of furan rings is 1. The van der Waals surface area contributed by atoms with Crippen molar-refractivity contribution in [1.82, 2.24) is 15.0 Å². The molecule has 1 aliphatic rings. The van der Waals surface area contributed by atoms with Crippen LogP contribution in [0, 0.1) is 0 Å². The standard InChI is InChI=1S/C47H28N4O/c1-2-12-30(13-3-1)45-48-46(31-26-27-43-38(28-31)35-17-5-7-25-42(35)52-43)50-47(49-45)37-21-10-19-33-32(37)18-11-23-40(33)51-39-22-6-4-16-34(39)36-20-8-14-29-15-9-24-41(51)44(29)36/h1-28H. The molecule has 0 bridgehead atoms. The molecule has 0 unspecified atom stereocenters. The van der Waals surface area contributed by atoms with Crippen molar-refractivity contribution in [1.29, 1.82) is 0 Å². The lowest BCUT2D eigenvalue weighted by Gasteiger charge is -2.34. The van der Waals surface area contributed by atoms with Crippen molar-refractivity contribution in [2.75, 3.05) is 4.90 Å². The molecule has 0 radical (unpaired) electrons. The third kappa shape index (κ3) is 4.33. The number of nitrogens with zero attached hydrogens (tertiary/aromatic N) is 4. The Morgan fingerprint density at radius 1 is 0.365 bits per heavy atom. The van der Waals surface area contributed by atoms with Crippen LogP contribution in [0.15, 0.2) is 174 Å². The lowest BCUT2D eigenvalue weighted by molar-refractivity contribution is 0.669. The van der Waals surface area contributed by atoms with Crippen molar-refractivity contribution in [3.05, 3.63) is 170 Å². The van der Waals surface area contributed by atoms with E-state index >= 15 is 0 Å². The van der Waals surface area contributed by atoms with Gasteiger partial charge in [0, 0.05) is 43.8 Å². The fourth-order valence-corrected chi connectivity index (χ4v) is 7.91. The second-order valence-corrected chi connectivity index (χ2v) is 13.2. The van der Waals surface area contributed by atoms with E-state index in [2.05, 4.69) is 114 Å². The fraction of sp³-hybridized carbons (Fsp3) is 0. The van der Waals surface area contributed by atoms with Crippen LogP contribution in [-0.4, -0.2) is 15.0 Å². The topological polar surface area (TPSA) is 55.1 Å². The van der Waals surface area contributed by atoms with Gasteiger partial charge in [0.15, 0.2) is 17.5 Å². The van der Waals surface area contributed by atoms with Crippen molar-refractivity contribution < 1.29 is 4.42 Å². The highest BCUT2D eigenvalue weighted by Crippen LogP contribution is 2.52. The third-order valence-corrected chi connectivity index (χ3v) is 10.2. The second-order valence-electron chi connectivity index (χ2n) is 13.2. The number of para-hydroxylation sites is 2. The maximum absolute atomic E-state index is 6.14. The Morgan fingerprint density at radius 2 is 0.981 bits per heavy atom. The number of hydrogen-bond donors (Lipinski definition) is 0. The van der Waals surface area contributed by atoms with Crippen molar-refractivity contribution in [2.24, 2.45) is 0 Å². The van der Waals surface area contributed by atoms with E-state index in [9.17, 15) is 0 Å². The van der Waals surface area contributed by atoms with Crippen LogP contribution < -0.4 is 4.90 Å². The minimum Gasteiger partial charge on any atom is -0.456 e. The van der Waals surface area contributed by atoms with Crippen LogP contribution >= 0.6 is 0 Å². The average Bonchev–Trinajstić information content (AvgIpc) is 3.59. The summed E-state index contributed by atoms with van der Waals surface area (Å²) in [6.07, 6.45) is 0. The van der Waals surface area contributed by atoms with Gasteiger partial charge in [-0.05, 0) is 58.8 Å². The normalized spacial score (nSPS) is 12.2. The van der Waals surface area contributed by atoms with Gasteiger partial charge < -0.3 is 9.32 Å². The van der Waals surface area contributed by atoms with Crippen LogP contribution in [0.1, 0.15) is 0 Å². The third-order valence-electron chi connectivity index (χ3n) is 10.2. The summed E-state index contributed by atoms with van der Waals surface area (Å²) in [6, 6.07) is 59.3. The van der Waals surface area contributed by atoms with Crippen LogP contribution in [0.5, 0.6) is 0 Å². The molecule has 5 nitrogen and oxygen atoms in total. The summed E-state index contributed by atoms with van der Waals surface area (Å²) in [7, 11) is 0. The number of hydrogen-bond acceptors (Lipinski definition) is 5. The van der Waals surface area contributed by atoms with Gasteiger partial charge in [-0.3, -0.25) is 0 Å². The van der Waals surface area contributed by atoms with Gasteiger partial charge in [0.25, 0.3) is 0 Å². The molecule has 0 saturated carbocycles. The van der Waals surface area contributed by atoms with Crippen LogP contribution in [0.25, 0.3) is 88.8 Å². The Bertz CT molecular complexity index is 3030. The van der Waals surface area contributed by atoms with Crippen LogP contribution in [0.2, 0.25) is 0 Å². The number of fused-ring (bicyclic) bond motifs is 6. The molecule has 0 saturated heterocycles. The monoisotopic (exact) mass is 664 g/mol. The molecule has 52 heavy (non-hydrogen) atoms. The van der Waals surface area contributed by atoms with Crippen molar-refractivity contribution in [3.8, 4) is 45.3 Å². The van der Waals surface area contributed by atoms with Gasteiger partial charge in [-0.25, -0.2) is 15.0 Å². The predicted molar refractivity (Wildman–Crippen MR) is 212 cm³/mol. The van der Waals surface area contributed by atoms with Crippen molar-refractivity contribution in [2.45, 2.75) is 0 Å². The number of benzene rings is 8. The minimum absolute atomic E-state index is 0.609. The molecule has 2 aromatic heterocycles. The van der Waals surface area contributed by atoms with Gasteiger partial charge >= 0.3 is 0 Å². The highest BCUT2D eigenvalue weighted by atomic mass is 16.3. The lowest BCUT2D eigenvalue weighted by atomic mass is 9.90. The Morgan fingerprint density at radius 3 is 1.90 bits per heavy atom. The summed E-state index contributed by atoms with van der Waals surface area (Å²) in [4.78, 5) is 17.8. The summed E-state index contributed by atoms with van der Waals surface area (Å²) < 4.78 is 6.14. The van der Waals surface area contributed by atoms with E-state index in [1.807, 2.05) is 60.7 Å². The van der Waals surface area contributed by atoms with Gasteiger partial charge in [-0.15, -0.1) is 0 Å². The first kappa shape index (κ1) is 28.7. The van der Waals surface area contributed by atoms with E-state index in [1.54, 1.807) is 0 Å². The van der Waals surface area contributed by atoms with E-state index in [0.717, 1.165) is 60.8 Å². The summed E-state index contributed by atoms with van der Waals surface area (Å²) in [6.45, 7) is 0. The first-order valence-corrected chi connectivity index (χ1v) is 17.5. The number of anilines is 3. The molecule has 0 spiro atoms. The first-order valence-electron chi connectivity index (χ1n) is 17.5. The molecule has 10 aromatic rings. The lowest BCUT2D eigenvalue weighted by Crippen LogP contribution is -2.15. The fourth-order valence-electron chi connectivity index (χ4n) is 7.91. The molecule has 0 amide bonds. The molecule has 0 aliphatic carbocycles. The second kappa shape index (κ2) is 11.2. The zero-order chi connectivity index (χ0) is 34.2. The summed E-state index contributed by atoms with van der Waals surface area (Å²) >= 11 is 0. The SMILES string of the molecule is c1ccc(-c2nc(-c3ccc4oc5ccccc5c4c3)nc(-c3cccc4c(N5c6ccccc6-c6cccc7cccc5c67)cccc34)n2)cc1. The highest BCUT2D eigenvalue weighted by Gasteiger charge is 2.27. The van der Waals surface area contributed by atoms with Gasteiger partial charge in [0.05, 0.1) is 17.1 Å². The summed E-state index contributed by atoms with van der Waals surface area (Å²) in [5.41, 5.74) is 10.4. The molecule has 5 heteroatoms. The van der Waals surface area contributed by atoms with Gasteiger partial charge in [-0.2, -0.15) is 0 Å². The first-order chi connectivity index (χ1) is 25.8. The average molecular weight is 665 g/mol. The molecular formula is C47H28N4O.